The summed E-state index contributed by atoms with van der Waals surface area (Å²) in [5, 5.41) is 7.78. The van der Waals surface area contributed by atoms with E-state index >= 15 is 0 Å². The number of para-hydroxylation sites is 1. The maximum atomic E-state index is 12.6. The summed E-state index contributed by atoms with van der Waals surface area (Å²) in [7, 11) is 0. The molecular formula is C28H18Cl3N3O4. The maximum Gasteiger partial charge on any atom is 0.345 e. The molecule has 38 heavy (non-hydrogen) atoms. The number of hydrazone groups is 1. The highest BCUT2D eigenvalue weighted by Gasteiger charge is 2.15. The number of halogens is 3. The van der Waals surface area contributed by atoms with Gasteiger partial charge in [-0.15, -0.1) is 0 Å². The zero-order valence-corrected chi connectivity index (χ0v) is 21.7. The van der Waals surface area contributed by atoms with Gasteiger partial charge in [0.15, 0.2) is 0 Å². The van der Waals surface area contributed by atoms with E-state index in [4.69, 9.17) is 39.5 Å². The van der Waals surface area contributed by atoms with Crippen LogP contribution in [-0.2, 0) is 0 Å². The first-order chi connectivity index (χ1) is 18.3. The standard InChI is InChI=1S/C28H18Cl3N3O4/c29-20-10-8-17(9-11-20)26(35)33-22-6-3-5-18(14-22)27(36)34-32-16-19-4-1-2-7-25(19)38-28(37)23-13-12-21(30)15-24(23)31/h1-16H,(H,33,35)(H,34,36). The lowest BCUT2D eigenvalue weighted by Crippen LogP contribution is -2.18. The number of anilines is 1. The molecule has 0 unspecified atom stereocenters. The summed E-state index contributed by atoms with van der Waals surface area (Å²) >= 11 is 17.8. The molecule has 0 bridgehead atoms. The molecule has 2 amide bonds. The van der Waals surface area contributed by atoms with E-state index in [2.05, 4.69) is 15.8 Å². The van der Waals surface area contributed by atoms with Crippen molar-refractivity contribution in [3.05, 3.63) is 128 Å². The van der Waals surface area contributed by atoms with Crippen LogP contribution in [0, 0.1) is 0 Å². The molecule has 0 radical (unpaired) electrons. The first-order valence-electron chi connectivity index (χ1n) is 11.1. The van der Waals surface area contributed by atoms with Gasteiger partial charge in [-0.1, -0.05) is 53.0 Å². The minimum atomic E-state index is -0.672. The van der Waals surface area contributed by atoms with Crippen LogP contribution in [0.1, 0.15) is 36.6 Å². The minimum absolute atomic E-state index is 0.152. The lowest BCUT2D eigenvalue weighted by molar-refractivity contribution is 0.0734. The van der Waals surface area contributed by atoms with E-state index in [1.165, 1.54) is 30.5 Å². The van der Waals surface area contributed by atoms with Crippen molar-refractivity contribution < 1.29 is 19.1 Å². The summed E-state index contributed by atoms with van der Waals surface area (Å²) in [5.74, 6) is -1.31. The van der Waals surface area contributed by atoms with E-state index < -0.39 is 11.9 Å². The average Bonchev–Trinajstić information content (AvgIpc) is 2.90. The average molecular weight is 567 g/mol. The van der Waals surface area contributed by atoms with Crippen LogP contribution in [0.5, 0.6) is 5.75 Å². The van der Waals surface area contributed by atoms with E-state index in [0.717, 1.165) is 0 Å². The van der Waals surface area contributed by atoms with Crippen LogP contribution in [0.15, 0.2) is 96.1 Å². The SMILES string of the molecule is O=C(NN=Cc1ccccc1OC(=O)c1ccc(Cl)cc1Cl)c1cccc(NC(=O)c2ccc(Cl)cc2)c1. The number of nitrogens with one attached hydrogen (secondary N) is 2. The van der Waals surface area contributed by atoms with Crippen molar-refractivity contribution >= 4 is 64.5 Å². The van der Waals surface area contributed by atoms with E-state index in [0.29, 0.717) is 26.9 Å². The Kier molecular flexibility index (Phi) is 8.76. The van der Waals surface area contributed by atoms with Gasteiger partial charge < -0.3 is 10.1 Å². The van der Waals surface area contributed by atoms with E-state index in [1.807, 2.05) is 0 Å². The molecule has 0 aliphatic rings. The van der Waals surface area contributed by atoms with Crippen LogP contribution in [-0.4, -0.2) is 24.0 Å². The Bertz CT molecular complexity index is 1540. The Balaban J connectivity index is 1.40. The van der Waals surface area contributed by atoms with Gasteiger partial charge in [-0.25, -0.2) is 10.2 Å². The fraction of sp³-hybridized carbons (Fsp3) is 0. The maximum absolute atomic E-state index is 12.6. The molecule has 10 heteroatoms. The molecule has 0 aliphatic heterocycles. The highest BCUT2D eigenvalue weighted by atomic mass is 35.5. The molecule has 0 saturated carbocycles. The molecule has 4 aromatic rings. The number of carbonyl (C=O) groups is 3. The van der Waals surface area contributed by atoms with Crippen molar-refractivity contribution in [2.45, 2.75) is 0 Å². The van der Waals surface area contributed by atoms with Gasteiger partial charge in [0.25, 0.3) is 11.8 Å². The molecular weight excluding hydrogens is 549 g/mol. The monoisotopic (exact) mass is 565 g/mol. The van der Waals surface area contributed by atoms with E-state index in [1.54, 1.807) is 66.7 Å². The lowest BCUT2D eigenvalue weighted by atomic mass is 10.1. The second kappa shape index (κ2) is 12.4. The molecule has 0 aromatic heterocycles. The zero-order valence-electron chi connectivity index (χ0n) is 19.5. The van der Waals surface area contributed by atoms with E-state index in [9.17, 15) is 14.4 Å². The first kappa shape index (κ1) is 26.9. The molecule has 2 N–H and O–H groups in total. The Labute approximate surface area is 233 Å². The Hall–Kier alpha value is -4.17. The first-order valence-corrected chi connectivity index (χ1v) is 12.2. The molecule has 190 valence electrons. The van der Waals surface area contributed by atoms with Crippen molar-refractivity contribution in [2.24, 2.45) is 5.10 Å². The van der Waals surface area contributed by atoms with Gasteiger partial charge in [0.05, 0.1) is 16.8 Å². The van der Waals surface area contributed by atoms with E-state index in [-0.39, 0.29) is 27.8 Å². The van der Waals surface area contributed by atoms with Crippen molar-refractivity contribution in [2.75, 3.05) is 5.32 Å². The van der Waals surface area contributed by atoms with Crippen LogP contribution in [0.2, 0.25) is 15.1 Å². The zero-order chi connectivity index (χ0) is 27.1. The summed E-state index contributed by atoms with van der Waals surface area (Å²) < 4.78 is 5.47. The Morgan fingerprint density at radius 3 is 2.24 bits per heavy atom. The third-order valence-electron chi connectivity index (χ3n) is 5.13. The van der Waals surface area contributed by atoms with Gasteiger partial charge in [0, 0.05) is 32.4 Å². The van der Waals surface area contributed by atoms with Gasteiger partial charge >= 0.3 is 5.97 Å². The Morgan fingerprint density at radius 2 is 1.47 bits per heavy atom. The molecule has 4 rings (SSSR count). The highest BCUT2D eigenvalue weighted by Crippen LogP contribution is 2.24. The minimum Gasteiger partial charge on any atom is -0.422 e. The molecule has 0 saturated heterocycles. The van der Waals surface area contributed by atoms with Gasteiger partial charge in [0.1, 0.15) is 5.75 Å². The number of benzene rings is 4. The molecule has 4 aromatic carbocycles. The molecule has 0 atom stereocenters. The predicted octanol–water partition coefficient (Wildman–Crippen LogP) is 6.88. The molecule has 0 heterocycles. The van der Waals surface area contributed by atoms with Crippen LogP contribution in [0.4, 0.5) is 5.69 Å². The topological polar surface area (TPSA) is 96.9 Å². The summed E-state index contributed by atoms with van der Waals surface area (Å²) in [4.78, 5) is 37.7. The van der Waals surface area contributed by atoms with Crippen molar-refractivity contribution in [1.82, 2.24) is 5.43 Å². The quantitative estimate of drug-likeness (QED) is 0.110. The predicted molar refractivity (Wildman–Crippen MR) is 149 cm³/mol. The number of esters is 1. The second-order valence-electron chi connectivity index (χ2n) is 7.79. The normalized spacial score (nSPS) is 10.7. The van der Waals surface area contributed by atoms with Crippen LogP contribution >= 0.6 is 34.8 Å². The number of ether oxygens (including phenoxy) is 1. The van der Waals surface area contributed by atoms with Gasteiger partial charge in [-0.05, 0) is 72.8 Å². The summed E-state index contributed by atoms with van der Waals surface area (Å²) in [6.07, 6.45) is 1.34. The second-order valence-corrected chi connectivity index (χ2v) is 9.07. The summed E-state index contributed by atoms with van der Waals surface area (Å²) in [6.45, 7) is 0. The molecule has 7 nitrogen and oxygen atoms in total. The van der Waals surface area contributed by atoms with Crippen LogP contribution < -0.4 is 15.5 Å². The number of hydrogen-bond donors (Lipinski definition) is 2. The number of amides is 2. The highest BCUT2D eigenvalue weighted by molar-refractivity contribution is 6.36. The molecule has 0 spiro atoms. The largest absolute Gasteiger partial charge is 0.422 e. The molecule has 0 fully saturated rings. The van der Waals surface area contributed by atoms with Crippen LogP contribution in [0.25, 0.3) is 0 Å². The van der Waals surface area contributed by atoms with Gasteiger partial charge in [-0.3, -0.25) is 9.59 Å². The fourth-order valence-electron chi connectivity index (χ4n) is 3.26. The fourth-order valence-corrected chi connectivity index (χ4v) is 3.87. The van der Waals surface area contributed by atoms with Gasteiger partial charge in [0.2, 0.25) is 0 Å². The van der Waals surface area contributed by atoms with Gasteiger partial charge in [-0.2, -0.15) is 5.10 Å². The summed E-state index contributed by atoms with van der Waals surface area (Å²) in [5.41, 5.74) is 4.14. The lowest BCUT2D eigenvalue weighted by Gasteiger charge is -2.09. The Morgan fingerprint density at radius 1 is 0.737 bits per heavy atom. The third-order valence-corrected chi connectivity index (χ3v) is 5.93. The number of hydrogen-bond acceptors (Lipinski definition) is 5. The van der Waals surface area contributed by atoms with Crippen molar-refractivity contribution in [3.8, 4) is 5.75 Å². The smallest absolute Gasteiger partial charge is 0.345 e. The third kappa shape index (κ3) is 6.98. The number of rotatable bonds is 7. The van der Waals surface area contributed by atoms with Crippen molar-refractivity contribution in [1.29, 1.82) is 0 Å². The van der Waals surface area contributed by atoms with Crippen molar-refractivity contribution in [3.63, 3.8) is 0 Å². The molecule has 0 aliphatic carbocycles. The number of nitrogens with zero attached hydrogens (tertiary/aromatic N) is 1. The summed E-state index contributed by atoms with van der Waals surface area (Å²) in [6, 6.07) is 23.9. The van der Waals surface area contributed by atoms with Crippen LogP contribution in [0.3, 0.4) is 0 Å². The number of carbonyl (C=O) groups excluding carboxylic acids is 3.